The van der Waals surface area contributed by atoms with Gasteiger partial charge in [0.15, 0.2) is 17.3 Å². The van der Waals surface area contributed by atoms with Gasteiger partial charge in [-0.2, -0.15) is 5.10 Å². The number of imidazole rings is 1. The number of nitrogens with zero attached hydrogens (tertiary/aromatic N) is 6. The molecule has 30 heavy (non-hydrogen) atoms. The molecule has 5 aromatic rings. The van der Waals surface area contributed by atoms with Crippen LogP contribution < -0.4 is 11.4 Å². The fraction of sp³-hybridized carbons (Fsp3) is 0.105. The molecular formula is C19H15FN8OS. The number of aromatic amines is 1. The van der Waals surface area contributed by atoms with Gasteiger partial charge < -0.3 is 5.73 Å². The van der Waals surface area contributed by atoms with E-state index in [0.717, 1.165) is 5.01 Å². The van der Waals surface area contributed by atoms with Crippen LogP contribution in [0.4, 0.5) is 10.2 Å². The van der Waals surface area contributed by atoms with Crippen LogP contribution in [-0.2, 0) is 13.6 Å². The van der Waals surface area contributed by atoms with Gasteiger partial charge in [0.1, 0.15) is 22.0 Å². The Kier molecular flexibility index (Phi) is 4.17. The zero-order valence-electron chi connectivity index (χ0n) is 15.7. The normalized spacial score (nSPS) is 11.4. The zero-order valence-corrected chi connectivity index (χ0v) is 16.5. The van der Waals surface area contributed by atoms with Crippen LogP contribution in [0.25, 0.3) is 33.4 Å². The van der Waals surface area contributed by atoms with Crippen molar-refractivity contribution >= 4 is 28.3 Å². The van der Waals surface area contributed by atoms with Crippen LogP contribution >= 0.6 is 11.3 Å². The van der Waals surface area contributed by atoms with Gasteiger partial charge in [0, 0.05) is 24.2 Å². The first-order valence-corrected chi connectivity index (χ1v) is 9.83. The Bertz CT molecular complexity index is 1430. The second-order valence-corrected chi connectivity index (χ2v) is 7.51. The molecular weight excluding hydrogens is 407 g/mol. The van der Waals surface area contributed by atoms with Gasteiger partial charge >= 0.3 is 5.69 Å². The average Bonchev–Trinajstić information content (AvgIpc) is 3.44. The maximum atomic E-state index is 14.2. The van der Waals surface area contributed by atoms with E-state index in [9.17, 15) is 9.18 Å². The first kappa shape index (κ1) is 18.2. The van der Waals surface area contributed by atoms with Gasteiger partial charge in [0.25, 0.3) is 0 Å². The van der Waals surface area contributed by atoms with Crippen molar-refractivity contribution in [1.29, 1.82) is 0 Å². The monoisotopic (exact) mass is 422 g/mol. The number of nitrogen functional groups attached to an aromatic ring is 1. The Labute approximate surface area is 172 Å². The van der Waals surface area contributed by atoms with Crippen molar-refractivity contribution in [1.82, 2.24) is 34.3 Å². The number of hydrogen-bond acceptors (Lipinski definition) is 7. The Hall–Kier alpha value is -3.86. The molecule has 1 aromatic carbocycles. The molecule has 0 unspecified atom stereocenters. The summed E-state index contributed by atoms with van der Waals surface area (Å²) in [6, 6.07) is 8.31. The third-order valence-electron chi connectivity index (χ3n) is 4.71. The number of halogens is 1. The van der Waals surface area contributed by atoms with E-state index in [1.165, 1.54) is 22.0 Å². The number of nitrogens with one attached hydrogen (secondary N) is 1. The van der Waals surface area contributed by atoms with E-state index in [1.807, 2.05) is 5.38 Å². The van der Waals surface area contributed by atoms with Gasteiger partial charge in [-0.1, -0.05) is 18.2 Å². The molecule has 0 fully saturated rings. The number of fused-ring (bicyclic) bond motifs is 1. The van der Waals surface area contributed by atoms with Crippen LogP contribution in [0, 0.1) is 5.82 Å². The minimum absolute atomic E-state index is 0.162. The summed E-state index contributed by atoms with van der Waals surface area (Å²) in [5.74, 6) is 0.102. The van der Waals surface area contributed by atoms with Crippen LogP contribution in [0.15, 0.2) is 46.7 Å². The number of nitrogens with two attached hydrogens (primary N) is 1. The topological polar surface area (TPSA) is 120 Å². The summed E-state index contributed by atoms with van der Waals surface area (Å²) in [5.41, 5.74) is 8.11. The lowest BCUT2D eigenvalue weighted by Crippen LogP contribution is -2.12. The van der Waals surface area contributed by atoms with Crippen molar-refractivity contribution in [2.24, 2.45) is 7.05 Å². The van der Waals surface area contributed by atoms with Gasteiger partial charge in [0.05, 0.1) is 12.2 Å². The van der Waals surface area contributed by atoms with Gasteiger partial charge in [0.2, 0.25) is 0 Å². The predicted octanol–water partition coefficient (Wildman–Crippen LogP) is 2.41. The molecule has 0 saturated heterocycles. The molecule has 0 aliphatic heterocycles. The molecule has 0 aliphatic carbocycles. The Balaban J connectivity index is 1.66. The van der Waals surface area contributed by atoms with Crippen LogP contribution in [0.2, 0.25) is 0 Å². The molecule has 4 aromatic heterocycles. The number of H-pyrrole nitrogens is 1. The number of benzene rings is 1. The smallest absolute Gasteiger partial charge is 0.327 e. The number of rotatable bonds is 4. The Morgan fingerprint density at radius 3 is 2.87 bits per heavy atom. The quantitative estimate of drug-likeness (QED) is 0.459. The molecule has 0 aliphatic rings. The second kappa shape index (κ2) is 6.88. The van der Waals surface area contributed by atoms with Crippen LogP contribution in [0.5, 0.6) is 0 Å². The number of aryl methyl sites for hydroxylation is 1. The lowest BCUT2D eigenvalue weighted by molar-refractivity contribution is 0.587. The fourth-order valence-corrected chi connectivity index (χ4v) is 3.91. The molecule has 0 saturated carbocycles. The third-order valence-corrected chi connectivity index (χ3v) is 5.51. The molecule has 0 amide bonds. The lowest BCUT2D eigenvalue weighted by Gasteiger charge is -2.06. The number of hydrogen-bond donors (Lipinski definition) is 2. The van der Waals surface area contributed by atoms with E-state index >= 15 is 0 Å². The highest BCUT2D eigenvalue weighted by Crippen LogP contribution is 2.28. The molecule has 0 radical (unpaired) electrons. The third kappa shape index (κ3) is 2.95. The van der Waals surface area contributed by atoms with Crippen LogP contribution in [-0.4, -0.2) is 34.3 Å². The average molecular weight is 422 g/mol. The van der Waals surface area contributed by atoms with Gasteiger partial charge in [-0.05, 0) is 12.1 Å². The number of aromatic nitrogens is 7. The number of thiazole rings is 1. The maximum absolute atomic E-state index is 14.2. The summed E-state index contributed by atoms with van der Waals surface area (Å²) in [4.78, 5) is 27.7. The van der Waals surface area contributed by atoms with Crippen molar-refractivity contribution in [2.45, 2.75) is 6.54 Å². The van der Waals surface area contributed by atoms with E-state index in [2.05, 4.69) is 25.0 Å². The van der Waals surface area contributed by atoms with Gasteiger partial charge in [-0.15, -0.1) is 11.3 Å². The summed E-state index contributed by atoms with van der Waals surface area (Å²) in [6.07, 6.45) is 1.69. The highest BCUT2D eigenvalue weighted by molar-refractivity contribution is 7.13. The minimum Gasteiger partial charge on any atom is -0.382 e. The largest absolute Gasteiger partial charge is 0.382 e. The fourth-order valence-electron chi connectivity index (χ4n) is 3.25. The summed E-state index contributed by atoms with van der Waals surface area (Å²) in [7, 11) is 1.59. The van der Waals surface area contributed by atoms with E-state index in [1.54, 1.807) is 42.2 Å². The second-order valence-electron chi connectivity index (χ2n) is 6.62. The minimum atomic E-state index is -0.336. The molecule has 9 nitrogen and oxygen atoms in total. The Morgan fingerprint density at radius 1 is 1.27 bits per heavy atom. The van der Waals surface area contributed by atoms with Crippen molar-refractivity contribution in [3.63, 3.8) is 0 Å². The van der Waals surface area contributed by atoms with Crippen molar-refractivity contribution in [2.75, 3.05) is 5.73 Å². The van der Waals surface area contributed by atoms with E-state index < -0.39 is 0 Å². The molecule has 5 rings (SSSR count). The lowest BCUT2D eigenvalue weighted by atomic mass is 10.2. The standard InChI is InChI=1S/C19H15FN8OS/c1-27-14-15(21)23-16(24-17(14)25-19(27)29)12-8-13(18-22-6-7-30-18)28(26-12)9-10-4-2-3-5-11(10)20/h2-8H,9H2,1H3,(H3,21,23,24,25,29). The van der Waals surface area contributed by atoms with Crippen molar-refractivity contribution < 1.29 is 4.39 Å². The molecule has 3 N–H and O–H groups in total. The maximum Gasteiger partial charge on any atom is 0.327 e. The molecule has 150 valence electrons. The van der Waals surface area contributed by atoms with Crippen molar-refractivity contribution in [3.05, 3.63) is 63.8 Å². The highest BCUT2D eigenvalue weighted by Gasteiger charge is 2.19. The zero-order chi connectivity index (χ0) is 20.8. The highest BCUT2D eigenvalue weighted by atomic mass is 32.1. The van der Waals surface area contributed by atoms with Crippen LogP contribution in [0.1, 0.15) is 5.56 Å². The molecule has 4 heterocycles. The number of anilines is 1. The van der Waals surface area contributed by atoms with Crippen LogP contribution in [0.3, 0.4) is 0 Å². The summed E-state index contributed by atoms with van der Waals surface area (Å²) in [6.45, 7) is 0.210. The van der Waals surface area contributed by atoms with Gasteiger partial charge in [-0.25, -0.2) is 24.1 Å². The van der Waals surface area contributed by atoms with Gasteiger partial charge in [-0.3, -0.25) is 14.2 Å². The van der Waals surface area contributed by atoms with E-state index in [4.69, 9.17) is 5.73 Å². The Morgan fingerprint density at radius 2 is 2.10 bits per heavy atom. The summed E-state index contributed by atoms with van der Waals surface area (Å²) < 4.78 is 17.2. The van der Waals surface area contributed by atoms with E-state index in [0.29, 0.717) is 28.1 Å². The first-order chi connectivity index (χ1) is 14.5. The van der Waals surface area contributed by atoms with E-state index in [-0.39, 0.29) is 29.7 Å². The molecule has 0 atom stereocenters. The summed E-state index contributed by atoms with van der Waals surface area (Å²) in [5, 5.41) is 7.17. The van der Waals surface area contributed by atoms with Crippen molar-refractivity contribution in [3.8, 4) is 22.2 Å². The molecule has 0 spiro atoms. The SMILES string of the molecule is Cn1c(=O)[nH]c2nc(-c3cc(-c4nccs4)n(Cc4ccccc4F)n3)nc(N)c21. The predicted molar refractivity (Wildman–Crippen MR) is 111 cm³/mol. The summed E-state index contributed by atoms with van der Waals surface area (Å²) >= 11 is 1.44. The molecule has 0 bridgehead atoms. The molecule has 11 heteroatoms. The first-order valence-electron chi connectivity index (χ1n) is 8.95.